The van der Waals surface area contributed by atoms with Crippen LogP contribution in [0.2, 0.25) is 0 Å². The molecule has 0 amide bonds. The smallest absolute Gasteiger partial charge is 0.125 e. The molecule has 0 unspecified atom stereocenters. The van der Waals surface area contributed by atoms with Crippen LogP contribution in [-0.4, -0.2) is 10.7 Å². The Morgan fingerprint density at radius 3 is 2.44 bits per heavy atom. The Kier molecular flexibility index (Phi) is 5.08. The summed E-state index contributed by atoms with van der Waals surface area (Å²) < 4.78 is 0. The third-order valence-electron chi connectivity index (χ3n) is 2.74. The van der Waals surface area contributed by atoms with Crippen LogP contribution in [0.4, 0.5) is 0 Å². The fourth-order valence-corrected chi connectivity index (χ4v) is 1.51. The molecule has 1 heteroatoms. The van der Waals surface area contributed by atoms with Gasteiger partial charge in [0, 0.05) is 5.56 Å². The van der Waals surface area contributed by atoms with Crippen molar-refractivity contribution >= 4 is 0 Å². The van der Waals surface area contributed by atoms with Crippen molar-refractivity contribution < 1.29 is 5.11 Å². The van der Waals surface area contributed by atoms with E-state index in [-0.39, 0.29) is 0 Å². The van der Waals surface area contributed by atoms with Gasteiger partial charge in [0.1, 0.15) is 5.60 Å². The zero-order valence-electron chi connectivity index (χ0n) is 10.2. The average Bonchev–Trinajstić information content (AvgIpc) is 2.35. The lowest BCUT2D eigenvalue weighted by Gasteiger charge is -2.19. The lowest BCUT2D eigenvalue weighted by molar-refractivity contribution is 0.0851. The maximum Gasteiger partial charge on any atom is 0.125 e. The molecule has 1 aromatic carbocycles. The van der Waals surface area contributed by atoms with Gasteiger partial charge in [-0.05, 0) is 31.4 Å². The van der Waals surface area contributed by atoms with E-state index in [4.69, 9.17) is 0 Å². The number of hydrogen-bond acceptors (Lipinski definition) is 1. The fraction of sp³-hybridized carbons (Fsp3) is 0.467. The van der Waals surface area contributed by atoms with Gasteiger partial charge in [0.15, 0.2) is 0 Å². The summed E-state index contributed by atoms with van der Waals surface area (Å²) in [6.45, 7) is 4.11. The third-order valence-corrected chi connectivity index (χ3v) is 2.74. The summed E-state index contributed by atoms with van der Waals surface area (Å²) in [5, 5.41) is 10.2. The zero-order valence-corrected chi connectivity index (χ0v) is 10.2. The van der Waals surface area contributed by atoms with E-state index in [1.54, 1.807) is 0 Å². The molecule has 0 spiro atoms. The van der Waals surface area contributed by atoms with Gasteiger partial charge in [-0.1, -0.05) is 50.3 Å². The first-order chi connectivity index (χ1) is 7.70. The molecule has 1 aromatic rings. The minimum absolute atomic E-state index is 0.687. The highest BCUT2D eigenvalue weighted by molar-refractivity contribution is 5.35. The normalized spacial score (nSPS) is 13.7. The molecular formula is C15H20O. The highest BCUT2D eigenvalue weighted by Crippen LogP contribution is 2.17. The molecule has 1 N–H and O–H groups in total. The minimum atomic E-state index is -0.814. The third kappa shape index (κ3) is 4.08. The predicted octanol–water partition coefficient (Wildman–Crippen LogP) is 3.37. The van der Waals surface area contributed by atoms with Crippen molar-refractivity contribution in [3.8, 4) is 11.8 Å². The van der Waals surface area contributed by atoms with Crippen LogP contribution in [0.3, 0.4) is 0 Å². The lowest BCUT2D eigenvalue weighted by atomic mass is 9.94. The van der Waals surface area contributed by atoms with Gasteiger partial charge >= 0.3 is 0 Å². The molecule has 0 aliphatic carbocycles. The van der Waals surface area contributed by atoms with E-state index in [2.05, 4.69) is 18.8 Å². The van der Waals surface area contributed by atoms with Crippen molar-refractivity contribution in [3.63, 3.8) is 0 Å². The first-order valence-corrected chi connectivity index (χ1v) is 6.01. The summed E-state index contributed by atoms with van der Waals surface area (Å²) >= 11 is 0. The van der Waals surface area contributed by atoms with Gasteiger partial charge in [-0.3, -0.25) is 0 Å². The van der Waals surface area contributed by atoms with E-state index >= 15 is 0 Å². The quantitative estimate of drug-likeness (QED) is 0.765. The van der Waals surface area contributed by atoms with Gasteiger partial charge in [0.05, 0.1) is 0 Å². The van der Waals surface area contributed by atoms with Crippen LogP contribution in [0.5, 0.6) is 0 Å². The van der Waals surface area contributed by atoms with E-state index < -0.39 is 5.60 Å². The van der Waals surface area contributed by atoms with Crippen molar-refractivity contribution in [2.45, 2.75) is 45.1 Å². The van der Waals surface area contributed by atoms with E-state index in [1.807, 2.05) is 37.3 Å². The molecule has 0 aromatic heterocycles. The second-order valence-corrected chi connectivity index (χ2v) is 4.10. The first kappa shape index (κ1) is 12.8. The molecule has 0 radical (unpaired) electrons. The molecule has 0 fully saturated rings. The highest BCUT2D eigenvalue weighted by Gasteiger charge is 2.20. The number of aliphatic hydroxyl groups is 1. The van der Waals surface area contributed by atoms with Crippen LogP contribution in [0.25, 0.3) is 0 Å². The van der Waals surface area contributed by atoms with Gasteiger partial charge in [0.2, 0.25) is 0 Å². The maximum atomic E-state index is 10.2. The Balaban J connectivity index is 2.73. The van der Waals surface area contributed by atoms with Crippen LogP contribution in [0.1, 0.15) is 45.1 Å². The highest BCUT2D eigenvalue weighted by atomic mass is 16.3. The van der Waals surface area contributed by atoms with Crippen molar-refractivity contribution in [2.24, 2.45) is 0 Å². The first-order valence-electron chi connectivity index (χ1n) is 6.01. The van der Waals surface area contributed by atoms with Gasteiger partial charge in [-0.2, -0.15) is 0 Å². The molecule has 0 aliphatic rings. The Bertz CT molecular complexity index is 358. The monoisotopic (exact) mass is 216 g/mol. The molecular weight excluding hydrogens is 196 g/mol. The van der Waals surface area contributed by atoms with E-state index in [1.165, 1.54) is 0 Å². The number of benzene rings is 1. The zero-order chi connectivity index (χ0) is 11.9. The summed E-state index contributed by atoms with van der Waals surface area (Å²) in [6, 6.07) is 9.81. The fourth-order valence-electron chi connectivity index (χ4n) is 1.51. The van der Waals surface area contributed by atoms with E-state index in [0.29, 0.717) is 6.42 Å². The Hall–Kier alpha value is -1.26. The molecule has 0 aliphatic heterocycles. The standard InChI is InChI=1S/C15H20O/c1-3-5-12-15(16,4-2)13-11-14-9-7-6-8-10-14/h6-10,16H,3-5,12H2,1-2H3/t15-/m1/s1. The Labute approximate surface area is 98.5 Å². The molecule has 1 nitrogen and oxygen atoms in total. The SMILES string of the molecule is CCCC[C@@](O)(C#Cc1ccccc1)CC. The summed E-state index contributed by atoms with van der Waals surface area (Å²) in [5.74, 6) is 6.05. The van der Waals surface area contributed by atoms with Crippen LogP contribution in [0.15, 0.2) is 30.3 Å². The number of unbranched alkanes of at least 4 members (excludes halogenated alkanes) is 1. The topological polar surface area (TPSA) is 20.2 Å². The second-order valence-electron chi connectivity index (χ2n) is 4.10. The van der Waals surface area contributed by atoms with Gasteiger partial charge in [0.25, 0.3) is 0 Å². The summed E-state index contributed by atoms with van der Waals surface area (Å²) in [7, 11) is 0. The Morgan fingerprint density at radius 2 is 1.88 bits per heavy atom. The number of rotatable bonds is 4. The molecule has 86 valence electrons. The maximum absolute atomic E-state index is 10.2. The van der Waals surface area contributed by atoms with Crippen LogP contribution < -0.4 is 0 Å². The lowest BCUT2D eigenvalue weighted by Crippen LogP contribution is -2.25. The minimum Gasteiger partial charge on any atom is -0.378 e. The van der Waals surface area contributed by atoms with Crippen molar-refractivity contribution in [2.75, 3.05) is 0 Å². The number of hydrogen-bond donors (Lipinski definition) is 1. The van der Waals surface area contributed by atoms with Gasteiger partial charge in [-0.25, -0.2) is 0 Å². The van der Waals surface area contributed by atoms with E-state index in [9.17, 15) is 5.11 Å². The van der Waals surface area contributed by atoms with Crippen molar-refractivity contribution in [1.29, 1.82) is 0 Å². The van der Waals surface area contributed by atoms with Crippen LogP contribution in [0, 0.1) is 11.8 Å². The van der Waals surface area contributed by atoms with Gasteiger partial charge < -0.3 is 5.11 Å². The molecule has 0 bridgehead atoms. The molecule has 1 atom stereocenters. The Morgan fingerprint density at radius 1 is 1.19 bits per heavy atom. The second kappa shape index (κ2) is 6.35. The summed E-state index contributed by atoms with van der Waals surface area (Å²) in [5.41, 5.74) is 0.150. The summed E-state index contributed by atoms with van der Waals surface area (Å²) in [6.07, 6.45) is 3.57. The predicted molar refractivity (Wildman–Crippen MR) is 68.1 cm³/mol. The molecule has 0 heterocycles. The van der Waals surface area contributed by atoms with Gasteiger partial charge in [-0.15, -0.1) is 0 Å². The van der Waals surface area contributed by atoms with Crippen LogP contribution in [-0.2, 0) is 0 Å². The molecule has 1 rings (SSSR count). The van der Waals surface area contributed by atoms with Crippen molar-refractivity contribution in [1.82, 2.24) is 0 Å². The van der Waals surface area contributed by atoms with Crippen molar-refractivity contribution in [3.05, 3.63) is 35.9 Å². The molecule has 0 saturated heterocycles. The molecule has 0 saturated carbocycles. The average molecular weight is 216 g/mol. The molecule has 16 heavy (non-hydrogen) atoms. The van der Waals surface area contributed by atoms with E-state index in [0.717, 1.165) is 24.8 Å². The largest absolute Gasteiger partial charge is 0.378 e. The summed E-state index contributed by atoms with van der Waals surface area (Å²) in [4.78, 5) is 0. The van der Waals surface area contributed by atoms with Crippen LogP contribution >= 0.6 is 0 Å².